The van der Waals surface area contributed by atoms with Gasteiger partial charge in [-0.15, -0.1) is 0 Å². The van der Waals surface area contributed by atoms with Crippen LogP contribution in [0.3, 0.4) is 0 Å². The molecule has 1 aliphatic carbocycles. The Morgan fingerprint density at radius 2 is 1.94 bits per heavy atom. The molecule has 1 atom stereocenters. The predicted octanol–water partition coefficient (Wildman–Crippen LogP) is 1.42. The number of amides is 4. The maximum atomic E-state index is 12.2. The molecule has 0 radical (unpaired) electrons. The maximum Gasteiger partial charge on any atom is 0.331 e. The van der Waals surface area contributed by atoms with Gasteiger partial charge >= 0.3 is 6.03 Å². The summed E-state index contributed by atoms with van der Waals surface area (Å²) in [6.45, 7) is 3.77. The zero-order valence-corrected chi connectivity index (χ0v) is 10.3. The number of hydrogen-bond donors (Lipinski definition) is 1. The van der Waals surface area contributed by atoms with Crippen LogP contribution >= 0.6 is 0 Å². The highest BCUT2D eigenvalue weighted by molar-refractivity contribution is 6.16. The zero-order valence-electron chi connectivity index (χ0n) is 10.3. The van der Waals surface area contributed by atoms with Crippen molar-refractivity contribution in [2.24, 2.45) is 5.92 Å². The van der Waals surface area contributed by atoms with E-state index in [2.05, 4.69) is 5.32 Å². The van der Waals surface area contributed by atoms with Gasteiger partial charge in [0.1, 0.15) is 5.92 Å². The molecular formula is C12H18N2O3. The quantitative estimate of drug-likeness (QED) is 0.756. The molecule has 94 valence electrons. The lowest BCUT2D eigenvalue weighted by atomic mass is 9.72. The standard InChI is InChI=1S/C12H18N2O3/c1-3-8-9(15)13-11(17)14(10(8)16)12(4-2)6-5-7-12/h8H,3-7H2,1-2H3,(H,13,15,17). The Bertz CT molecular complexity index is 368. The second kappa shape index (κ2) is 4.13. The molecule has 1 aliphatic heterocycles. The van der Waals surface area contributed by atoms with Gasteiger partial charge in [-0.05, 0) is 32.1 Å². The molecule has 2 rings (SSSR count). The second-order valence-corrected chi connectivity index (χ2v) is 4.86. The molecule has 0 aromatic heterocycles. The SMILES string of the molecule is CCC1C(=O)NC(=O)N(C2(CC)CCC2)C1=O. The summed E-state index contributed by atoms with van der Waals surface area (Å²) in [4.78, 5) is 36.9. The number of urea groups is 1. The average molecular weight is 238 g/mol. The highest BCUT2D eigenvalue weighted by Gasteiger charge is 2.51. The van der Waals surface area contributed by atoms with Crippen molar-refractivity contribution in [3.8, 4) is 0 Å². The Hall–Kier alpha value is -1.39. The van der Waals surface area contributed by atoms with Crippen LogP contribution in [0.2, 0.25) is 0 Å². The van der Waals surface area contributed by atoms with Crippen LogP contribution in [0.5, 0.6) is 0 Å². The lowest BCUT2D eigenvalue weighted by molar-refractivity contribution is -0.149. The fraction of sp³-hybridized carbons (Fsp3) is 0.750. The molecule has 0 bridgehead atoms. The Morgan fingerprint density at radius 1 is 1.29 bits per heavy atom. The van der Waals surface area contributed by atoms with Crippen LogP contribution in [0.4, 0.5) is 4.79 Å². The van der Waals surface area contributed by atoms with Crippen molar-refractivity contribution < 1.29 is 14.4 Å². The number of imide groups is 2. The third-order valence-electron chi connectivity index (χ3n) is 4.09. The number of rotatable bonds is 3. The van der Waals surface area contributed by atoms with Crippen molar-refractivity contribution in [3.05, 3.63) is 0 Å². The number of nitrogens with one attached hydrogen (secondary N) is 1. The van der Waals surface area contributed by atoms with E-state index >= 15 is 0 Å². The molecule has 1 saturated carbocycles. The van der Waals surface area contributed by atoms with Gasteiger partial charge in [-0.3, -0.25) is 19.8 Å². The number of hydrogen-bond acceptors (Lipinski definition) is 3. The van der Waals surface area contributed by atoms with Crippen LogP contribution in [0.25, 0.3) is 0 Å². The van der Waals surface area contributed by atoms with E-state index in [1.165, 1.54) is 4.90 Å². The van der Waals surface area contributed by atoms with Gasteiger partial charge in [0, 0.05) is 0 Å². The first-order valence-electron chi connectivity index (χ1n) is 6.24. The van der Waals surface area contributed by atoms with E-state index in [-0.39, 0.29) is 11.4 Å². The average Bonchev–Trinajstić information content (AvgIpc) is 2.21. The highest BCUT2D eigenvalue weighted by atomic mass is 16.2. The van der Waals surface area contributed by atoms with Gasteiger partial charge in [-0.2, -0.15) is 0 Å². The topological polar surface area (TPSA) is 66.5 Å². The Morgan fingerprint density at radius 3 is 2.35 bits per heavy atom. The predicted molar refractivity (Wildman–Crippen MR) is 61.0 cm³/mol. The van der Waals surface area contributed by atoms with Crippen LogP contribution in [-0.4, -0.2) is 28.3 Å². The van der Waals surface area contributed by atoms with E-state index in [0.717, 1.165) is 25.7 Å². The van der Waals surface area contributed by atoms with Crippen molar-refractivity contribution in [3.63, 3.8) is 0 Å². The zero-order chi connectivity index (χ0) is 12.6. The molecule has 5 heteroatoms. The molecule has 1 heterocycles. The number of carbonyl (C=O) groups excluding carboxylic acids is 3. The van der Waals surface area contributed by atoms with Gasteiger partial charge in [0.2, 0.25) is 11.8 Å². The first-order valence-corrected chi connectivity index (χ1v) is 6.24. The van der Waals surface area contributed by atoms with E-state index < -0.39 is 17.9 Å². The number of barbiturate groups is 1. The molecule has 17 heavy (non-hydrogen) atoms. The molecule has 1 saturated heterocycles. The summed E-state index contributed by atoms with van der Waals surface area (Å²) in [6, 6.07) is -0.536. The molecule has 2 fully saturated rings. The van der Waals surface area contributed by atoms with E-state index in [9.17, 15) is 14.4 Å². The van der Waals surface area contributed by atoms with E-state index in [0.29, 0.717) is 6.42 Å². The first-order chi connectivity index (χ1) is 8.05. The van der Waals surface area contributed by atoms with Crippen LogP contribution in [-0.2, 0) is 9.59 Å². The lowest BCUT2D eigenvalue weighted by Gasteiger charge is -2.50. The summed E-state index contributed by atoms with van der Waals surface area (Å²) in [6.07, 6.45) is 3.95. The minimum atomic E-state index is -0.697. The highest BCUT2D eigenvalue weighted by Crippen LogP contribution is 2.42. The van der Waals surface area contributed by atoms with Crippen molar-refractivity contribution >= 4 is 17.8 Å². The van der Waals surface area contributed by atoms with Crippen LogP contribution in [0.1, 0.15) is 46.0 Å². The van der Waals surface area contributed by atoms with Crippen molar-refractivity contribution in [1.29, 1.82) is 0 Å². The lowest BCUT2D eigenvalue weighted by Crippen LogP contribution is -2.67. The van der Waals surface area contributed by atoms with Gasteiger partial charge in [0.25, 0.3) is 0 Å². The monoisotopic (exact) mass is 238 g/mol. The first kappa shape index (κ1) is 12.1. The minimum absolute atomic E-state index is 0.317. The molecule has 0 aromatic rings. The molecule has 2 aliphatic rings. The van der Waals surface area contributed by atoms with Crippen LogP contribution in [0.15, 0.2) is 0 Å². The smallest absolute Gasteiger partial charge is 0.277 e. The summed E-state index contributed by atoms with van der Waals surface area (Å²) in [5, 5.41) is 2.30. The Labute approximate surface area is 101 Å². The van der Waals surface area contributed by atoms with Crippen LogP contribution < -0.4 is 5.32 Å². The largest absolute Gasteiger partial charge is 0.331 e. The number of carbonyl (C=O) groups is 3. The number of nitrogens with zero attached hydrogens (tertiary/aromatic N) is 1. The van der Waals surface area contributed by atoms with E-state index in [1.807, 2.05) is 6.92 Å². The van der Waals surface area contributed by atoms with E-state index in [1.54, 1.807) is 6.92 Å². The molecule has 4 amide bonds. The molecular weight excluding hydrogens is 220 g/mol. The van der Waals surface area contributed by atoms with Crippen LogP contribution in [0, 0.1) is 5.92 Å². The van der Waals surface area contributed by atoms with Crippen molar-refractivity contribution in [1.82, 2.24) is 10.2 Å². The fourth-order valence-electron chi connectivity index (χ4n) is 2.75. The summed E-state index contributed by atoms with van der Waals surface area (Å²) in [5.74, 6) is -1.47. The summed E-state index contributed by atoms with van der Waals surface area (Å²) >= 11 is 0. The Kier molecular flexibility index (Phi) is 2.93. The molecule has 5 nitrogen and oxygen atoms in total. The normalized spacial score (nSPS) is 27.8. The maximum absolute atomic E-state index is 12.2. The summed E-state index contributed by atoms with van der Waals surface area (Å²) in [5.41, 5.74) is -0.338. The second-order valence-electron chi connectivity index (χ2n) is 4.86. The van der Waals surface area contributed by atoms with Crippen molar-refractivity contribution in [2.45, 2.75) is 51.5 Å². The van der Waals surface area contributed by atoms with Crippen molar-refractivity contribution in [2.75, 3.05) is 0 Å². The third-order valence-corrected chi connectivity index (χ3v) is 4.09. The van der Waals surface area contributed by atoms with Gasteiger partial charge in [0.15, 0.2) is 0 Å². The summed E-state index contributed by atoms with van der Waals surface area (Å²) in [7, 11) is 0. The Balaban J connectivity index is 2.29. The van der Waals surface area contributed by atoms with Gasteiger partial charge in [-0.25, -0.2) is 4.79 Å². The fourth-order valence-corrected chi connectivity index (χ4v) is 2.75. The van der Waals surface area contributed by atoms with Gasteiger partial charge < -0.3 is 0 Å². The molecule has 1 N–H and O–H groups in total. The van der Waals surface area contributed by atoms with E-state index in [4.69, 9.17) is 0 Å². The molecule has 1 unspecified atom stereocenters. The molecule has 0 spiro atoms. The van der Waals surface area contributed by atoms with Gasteiger partial charge in [0.05, 0.1) is 5.54 Å². The minimum Gasteiger partial charge on any atom is -0.277 e. The third kappa shape index (κ3) is 1.64. The van der Waals surface area contributed by atoms with Gasteiger partial charge in [-0.1, -0.05) is 13.8 Å². The molecule has 0 aromatic carbocycles. The summed E-state index contributed by atoms with van der Waals surface area (Å²) < 4.78 is 0.